The predicted molar refractivity (Wildman–Crippen MR) is 124 cm³/mol. The number of benzene rings is 2. The highest BCUT2D eigenvalue weighted by atomic mass is 14.5. The Kier molecular flexibility index (Phi) is 4.39. The Labute approximate surface area is 176 Å². The van der Waals surface area contributed by atoms with Gasteiger partial charge in [-0.1, -0.05) is 107 Å². The van der Waals surface area contributed by atoms with E-state index >= 15 is 0 Å². The van der Waals surface area contributed by atoms with Crippen molar-refractivity contribution in [2.45, 2.75) is 71.6 Å². The standard InChI is InChI=1S/C29H34/c1-20-17-22(28(2,3)4)19-27(20)29(15-8-5-9-16-29)26-14-10-13-24-23-12-7-6-11-21(23)18-25(24)26/h6-7,10-14,17,19-20H,5,8-9,15-16,18H2,1-4H3. The largest absolute Gasteiger partial charge is 0.0738 e. The van der Waals surface area contributed by atoms with E-state index < -0.39 is 0 Å². The molecule has 1 unspecified atom stereocenters. The molecule has 2 aromatic rings. The highest BCUT2D eigenvalue weighted by Crippen LogP contribution is 2.54. The van der Waals surface area contributed by atoms with Crippen LogP contribution in [0, 0.1) is 11.3 Å². The molecule has 0 heterocycles. The molecule has 29 heavy (non-hydrogen) atoms. The summed E-state index contributed by atoms with van der Waals surface area (Å²) in [6.45, 7) is 9.50. The van der Waals surface area contributed by atoms with Gasteiger partial charge in [-0.25, -0.2) is 0 Å². The van der Waals surface area contributed by atoms with Gasteiger partial charge in [-0.2, -0.15) is 0 Å². The van der Waals surface area contributed by atoms with Gasteiger partial charge in [-0.15, -0.1) is 0 Å². The Bertz CT molecular complexity index is 1000. The van der Waals surface area contributed by atoms with E-state index in [1.165, 1.54) is 54.4 Å². The van der Waals surface area contributed by atoms with Crippen LogP contribution in [0.15, 0.2) is 65.8 Å². The van der Waals surface area contributed by atoms with Gasteiger partial charge >= 0.3 is 0 Å². The monoisotopic (exact) mass is 382 g/mol. The van der Waals surface area contributed by atoms with Gasteiger partial charge < -0.3 is 0 Å². The van der Waals surface area contributed by atoms with Gasteiger partial charge in [0.1, 0.15) is 0 Å². The average molecular weight is 383 g/mol. The van der Waals surface area contributed by atoms with Crippen molar-refractivity contribution in [3.8, 4) is 11.1 Å². The van der Waals surface area contributed by atoms with Crippen LogP contribution in [0.3, 0.4) is 0 Å². The SMILES string of the molecule is CC1C=C(C(C)(C)C)C=C1C1(c2cccc3c2Cc2ccccc2-3)CCCCC1. The molecule has 1 atom stereocenters. The Morgan fingerprint density at radius 2 is 1.59 bits per heavy atom. The van der Waals surface area contributed by atoms with Crippen LogP contribution in [0.2, 0.25) is 0 Å². The molecule has 3 aliphatic rings. The van der Waals surface area contributed by atoms with Gasteiger partial charge in [0, 0.05) is 5.41 Å². The van der Waals surface area contributed by atoms with Crippen molar-refractivity contribution in [1.82, 2.24) is 0 Å². The van der Waals surface area contributed by atoms with Gasteiger partial charge in [0.25, 0.3) is 0 Å². The summed E-state index contributed by atoms with van der Waals surface area (Å²) in [6, 6.07) is 16.2. The summed E-state index contributed by atoms with van der Waals surface area (Å²) in [5.74, 6) is 0.543. The average Bonchev–Trinajstić information content (AvgIpc) is 3.29. The first-order valence-corrected chi connectivity index (χ1v) is 11.6. The normalized spacial score (nSPS) is 22.7. The first-order chi connectivity index (χ1) is 13.9. The Balaban J connectivity index is 1.67. The molecule has 1 fully saturated rings. The van der Waals surface area contributed by atoms with E-state index in [9.17, 15) is 0 Å². The zero-order valence-electron chi connectivity index (χ0n) is 18.5. The molecule has 0 bridgehead atoms. The van der Waals surface area contributed by atoms with Crippen LogP contribution < -0.4 is 0 Å². The zero-order chi connectivity index (χ0) is 20.2. The topological polar surface area (TPSA) is 0 Å². The number of hydrogen-bond donors (Lipinski definition) is 0. The fourth-order valence-electron chi connectivity index (χ4n) is 6.22. The zero-order valence-corrected chi connectivity index (χ0v) is 18.5. The van der Waals surface area contributed by atoms with Crippen molar-refractivity contribution in [2.24, 2.45) is 11.3 Å². The van der Waals surface area contributed by atoms with Crippen LogP contribution in [0.1, 0.15) is 76.5 Å². The van der Waals surface area contributed by atoms with Crippen LogP contribution in [0.5, 0.6) is 0 Å². The first kappa shape index (κ1) is 18.9. The molecule has 1 saturated carbocycles. The molecule has 0 saturated heterocycles. The lowest BCUT2D eigenvalue weighted by molar-refractivity contribution is 0.324. The Morgan fingerprint density at radius 1 is 0.862 bits per heavy atom. The number of fused-ring (bicyclic) bond motifs is 3. The van der Waals surface area contributed by atoms with Crippen molar-refractivity contribution >= 4 is 0 Å². The fourth-order valence-corrected chi connectivity index (χ4v) is 6.22. The lowest BCUT2D eigenvalue weighted by Gasteiger charge is -2.42. The maximum atomic E-state index is 2.59. The highest BCUT2D eigenvalue weighted by molar-refractivity contribution is 5.78. The lowest BCUT2D eigenvalue weighted by atomic mass is 9.61. The quantitative estimate of drug-likeness (QED) is 0.421. The number of hydrogen-bond acceptors (Lipinski definition) is 0. The van der Waals surface area contributed by atoms with Gasteiger partial charge in [-0.3, -0.25) is 0 Å². The third-order valence-electron chi connectivity index (χ3n) is 7.72. The summed E-state index contributed by atoms with van der Waals surface area (Å²) in [7, 11) is 0. The second-order valence-electron chi connectivity index (χ2n) is 10.6. The third kappa shape index (κ3) is 2.95. The summed E-state index contributed by atoms with van der Waals surface area (Å²) in [5, 5.41) is 0. The molecule has 0 heteroatoms. The second-order valence-corrected chi connectivity index (χ2v) is 10.6. The molecule has 0 aliphatic heterocycles. The summed E-state index contributed by atoms with van der Waals surface area (Å²) < 4.78 is 0. The highest BCUT2D eigenvalue weighted by Gasteiger charge is 2.43. The molecule has 0 nitrogen and oxygen atoms in total. The third-order valence-corrected chi connectivity index (χ3v) is 7.72. The molecular formula is C29H34. The lowest BCUT2D eigenvalue weighted by Crippen LogP contribution is -2.34. The molecule has 3 aliphatic carbocycles. The van der Waals surface area contributed by atoms with E-state index in [1.807, 2.05) is 0 Å². The number of allylic oxidation sites excluding steroid dienone is 4. The summed E-state index contributed by atoms with van der Waals surface area (Å²) >= 11 is 0. The van der Waals surface area contributed by atoms with Crippen LogP contribution in [0.25, 0.3) is 11.1 Å². The minimum atomic E-state index is 0.217. The van der Waals surface area contributed by atoms with Gasteiger partial charge in [0.2, 0.25) is 0 Å². The Morgan fingerprint density at radius 3 is 2.31 bits per heavy atom. The van der Waals surface area contributed by atoms with Gasteiger partial charge in [-0.05, 0) is 64.0 Å². The van der Waals surface area contributed by atoms with Crippen molar-refractivity contribution in [1.29, 1.82) is 0 Å². The molecule has 0 N–H and O–H groups in total. The molecule has 0 radical (unpaired) electrons. The molecule has 0 amide bonds. The first-order valence-electron chi connectivity index (χ1n) is 11.6. The minimum absolute atomic E-state index is 0.217. The molecule has 5 rings (SSSR count). The van der Waals surface area contributed by atoms with E-state index in [2.05, 4.69) is 82.3 Å². The van der Waals surface area contributed by atoms with Crippen molar-refractivity contribution < 1.29 is 0 Å². The summed E-state index contributed by atoms with van der Waals surface area (Å²) in [4.78, 5) is 0. The van der Waals surface area contributed by atoms with Crippen LogP contribution >= 0.6 is 0 Å². The van der Waals surface area contributed by atoms with E-state index in [1.54, 1.807) is 16.7 Å². The smallest absolute Gasteiger partial charge is 0.0174 e. The predicted octanol–water partition coefficient (Wildman–Crippen LogP) is 8.01. The molecule has 0 spiro atoms. The summed E-state index contributed by atoms with van der Waals surface area (Å²) in [6.07, 6.45) is 12.9. The minimum Gasteiger partial charge on any atom is -0.0738 e. The van der Waals surface area contributed by atoms with Crippen molar-refractivity contribution in [2.75, 3.05) is 0 Å². The number of rotatable bonds is 2. The van der Waals surface area contributed by atoms with Crippen LogP contribution in [0.4, 0.5) is 0 Å². The molecule has 150 valence electrons. The summed E-state index contributed by atoms with van der Waals surface area (Å²) in [5.41, 5.74) is 11.3. The van der Waals surface area contributed by atoms with Crippen LogP contribution in [-0.4, -0.2) is 0 Å². The van der Waals surface area contributed by atoms with E-state index in [0.717, 1.165) is 6.42 Å². The molecular weight excluding hydrogens is 348 g/mol. The maximum Gasteiger partial charge on any atom is 0.0174 e. The fraction of sp³-hybridized carbons (Fsp3) is 0.448. The van der Waals surface area contributed by atoms with E-state index in [0.29, 0.717) is 5.92 Å². The van der Waals surface area contributed by atoms with Gasteiger partial charge in [0.15, 0.2) is 0 Å². The second kappa shape index (κ2) is 6.73. The van der Waals surface area contributed by atoms with Gasteiger partial charge in [0.05, 0.1) is 0 Å². The van der Waals surface area contributed by atoms with Crippen molar-refractivity contribution in [3.63, 3.8) is 0 Å². The molecule has 0 aromatic heterocycles. The van der Waals surface area contributed by atoms with E-state index in [4.69, 9.17) is 0 Å². The maximum absolute atomic E-state index is 2.59. The molecule has 2 aromatic carbocycles. The van der Waals surface area contributed by atoms with Crippen molar-refractivity contribution in [3.05, 3.63) is 82.5 Å². The Hall–Kier alpha value is -2.08. The van der Waals surface area contributed by atoms with Crippen LogP contribution in [-0.2, 0) is 11.8 Å². The van der Waals surface area contributed by atoms with E-state index in [-0.39, 0.29) is 10.8 Å².